The van der Waals surface area contributed by atoms with Gasteiger partial charge in [0.25, 0.3) is 0 Å². The molecule has 0 atom stereocenters. The van der Waals surface area contributed by atoms with Crippen molar-refractivity contribution in [3.05, 3.63) is 58.3 Å². The molecule has 0 aliphatic carbocycles. The summed E-state index contributed by atoms with van der Waals surface area (Å²) in [6.45, 7) is 0.113. The molecule has 0 radical (unpaired) electrons. The average molecular weight is 388 g/mol. The maximum Gasteiger partial charge on any atom is 0.243 e. The Balaban J connectivity index is 2.32. The highest BCUT2D eigenvalue weighted by Crippen LogP contribution is 2.26. The molecule has 2 rings (SSSR count). The molecule has 0 aliphatic heterocycles. The zero-order valence-electron chi connectivity index (χ0n) is 12.1. The Kier molecular flexibility index (Phi) is 5.20. The van der Waals surface area contributed by atoms with Crippen LogP contribution in [0.15, 0.2) is 51.8 Å². The summed E-state index contributed by atoms with van der Waals surface area (Å²) in [6.07, 6.45) is 0. The van der Waals surface area contributed by atoms with Crippen molar-refractivity contribution in [3.8, 4) is 5.75 Å². The summed E-state index contributed by atoms with van der Waals surface area (Å²) in [4.78, 5) is -0.0797. The molecule has 22 heavy (non-hydrogen) atoms. The number of halogens is 2. The third-order valence-corrected chi connectivity index (χ3v) is 5.43. The Labute approximate surface area is 137 Å². The molecule has 7 heteroatoms. The summed E-state index contributed by atoms with van der Waals surface area (Å²) in [7, 11) is -0.808. The smallest absolute Gasteiger partial charge is 0.243 e. The van der Waals surface area contributed by atoms with E-state index in [1.54, 1.807) is 12.1 Å². The molecule has 0 unspecified atom stereocenters. The van der Waals surface area contributed by atoms with Crippen LogP contribution in [-0.2, 0) is 16.6 Å². The molecular weight excluding hydrogens is 373 g/mol. The first-order chi connectivity index (χ1) is 10.3. The number of sulfonamides is 1. The van der Waals surface area contributed by atoms with Crippen molar-refractivity contribution >= 4 is 26.0 Å². The number of benzene rings is 2. The van der Waals surface area contributed by atoms with Gasteiger partial charge >= 0.3 is 0 Å². The Hall–Kier alpha value is -1.44. The minimum Gasteiger partial charge on any atom is -0.496 e. The molecule has 0 saturated carbocycles. The van der Waals surface area contributed by atoms with Gasteiger partial charge in [0.15, 0.2) is 0 Å². The lowest BCUT2D eigenvalue weighted by Gasteiger charge is -2.19. The van der Waals surface area contributed by atoms with E-state index in [0.29, 0.717) is 11.3 Å². The lowest BCUT2D eigenvalue weighted by atomic mass is 10.2. The minimum atomic E-state index is -3.78. The fourth-order valence-electron chi connectivity index (χ4n) is 2.00. The Bertz CT molecular complexity index is 780. The van der Waals surface area contributed by atoms with E-state index in [4.69, 9.17) is 4.74 Å². The average Bonchev–Trinajstić information content (AvgIpc) is 2.47. The van der Waals surface area contributed by atoms with Gasteiger partial charge in [-0.25, -0.2) is 12.8 Å². The highest BCUT2D eigenvalue weighted by Gasteiger charge is 2.22. The van der Waals surface area contributed by atoms with E-state index in [-0.39, 0.29) is 11.4 Å². The molecule has 0 fully saturated rings. The van der Waals surface area contributed by atoms with E-state index in [9.17, 15) is 12.8 Å². The molecule has 2 aromatic rings. The van der Waals surface area contributed by atoms with Gasteiger partial charge in [0.05, 0.1) is 12.0 Å². The van der Waals surface area contributed by atoms with Gasteiger partial charge < -0.3 is 4.74 Å². The third-order valence-electron chi connectivity index (χ3n) is 3.14. The number of hydrogen-bond acceptors (Lipinski definition) is 3. The van der Waals surface area contributed by atoms with Crippen LogP contribution in [0.3, 0.4) is 0 Å². The highest BCUT2D eigenvalue weighted by atomic mass is 79.9. The highest BCUT2D eigenvalue weighted by molar-refractivity contribution is 9.10. The Morgan fingerprint density at radius 2 is 1.95 bits per heavy atom. The number of ether oxygens (including phenoxy) is 1. The number of methoxy groups -OCH3 is 1. The topological polar surface area (TPSA) is 46.6 Å². The lowest BCUT2D eigenvalue weighted by Crippen LogP contribution is -2.26. The zero-order valence-corrected chi connectivity index (χ0v) is 14.5. The van der Waals surface area contributed by atoms with Crippen LogP contribution in [0.4, 0.5) is 4.39 Å². The van der Waals surface area contributed by atoms with E-state index in [1.165, 1.54) is 32.4 Å². The normalized spacial score (nSPS) is 11.7. The quantitative estimate of drug-likeness (QED) is 0.789. The van der Waals surface area contributed by atoms with Gasteiger partial charge in [-0.1, -0.05) is 22.0 Å². The number of hydrogen-bond donors (Lipinski definition) is 0. The van der Waals surface area contributed by atoms with Crippen molar-refractivity contribution in [2.24, 2.45) is 0 Å². The van der Waals surface area contributed by atoms with Gasteiger partial charge in [-0.05, 0) is 36.4 Å². The number of rotatable bonds is 5. The van der Waals surface area contributed by atoms with Crippen LogP contribution in [0.1, 0.15) is 5.56 Å². The van der Waals surface area contributed by atoms with Crippen LogP contribution in [0, 0.1) is 5.82 Å². The largest absolute Gasteiger partial charge is 0.496 e. The molecule has 0 heterocycles. The second-order valence-electron chi connectivity index (χ2n) is 4.67. The predicted molar refractivity (Wildman–Crippen MR) is 85.7 cm³/mol. The van der Waals surface area contributed by atoms with Crippen LogP contribution in [0.2, 0.25) is 0 Å². The Morgan fingerprint density at radius 1 is 1.23 bits per heavy atom. The van der Waals surface area contributed by atoms with Crippen LogP contribution >= 0.6 is 15.9 Å². The molecule has 118 valence electrons. The van der Waals surface area contributed by atoms with Gasteiger partial charge in [0, 0.05) is 23.6 Å². The van der Waals surface area contributed by atoms with Crippen molar-refractivity contribution < 1.29 is 17.5 Å². The van der Waals surface area contributed by atoms with Crippen molar-refractivity contribution in [2.45, 2.75) is 11.4 Å². The second-order valence-corrected chi connectivity index (χ2v) is 7.64. The zero-order chi connectivity index (χ0) is 16.3. The SMILES string of the molecule is COc1ccc(Br)cc1CN(C)S(=O)(=O)c1cccc(F)c1. The summed E-state index contributed by atoms with van der Waals surface area (Å²) in [6, 6.07) is 10.3. The molecule has 0 aromatic heterocycles. The monoisotopic (exact) mass is 387 g/mol. The van der Waals surface area contributed by atoms with Crippen molar-refractivity contribution in [1.82, 2.24) is 4.31 Å². The van der Waals surface area contributed by atoms with Gasteiger partial charge in [0.2, 0.25) is 10.0 Å². The van der Waals surface area contributed by atoms with Crippen LogP contribution in [-0.4, -0.2) is 26.9 Å². The van der Waals surface area contributed by atoms with Gasteiger partial charge in [-0.15, -0.1) is 0 Å². The standard InChI is InChI=1S/C15H15BrFNO3S/c1-18(10-11-8-12(16)6-7-15(11)21-2)22(19,20)14-5-3-4-13(17)9-14/h3-9H,10H2,1-2H3. The number of nitrogens with zero attached hydrogens (tertiary/aromatic N) is 1. The first-order valence-corrected chi connectivity index (χ1v) is 8.62. The molecule has 0 spiro atoms. The first kappa shape index (κ1) is 16.9. The lowest BCUT2D eigenvalue weighted by molar-refractivity contribution is 0.398. The summed E-state index contributed by atoms with van der Waals surface area (Å²) < 4.78 is 45.4. The predicted octanol–water partition coefficient (Wildman–Crippen LogP) is 3.42. The Morgan fingerprint density at radius 3 is 2.59 bits per heavy atom. The first-order valence-electron chi connectivity index (χ1n) is 6.39. The molecule has 0 N–H and O–H groups in total. The molecule has 4 nitrogen and oxygen atoms in total. The summed E-state index contributed by atoms with van der Waals surface area (Å²) in [5, 5.41) is 0. The van der Waals surface area contributed by atoms with E-state index in [2.05, 4.69) is 15.9 Å². The summed E-state index contributed by atoms with van der Waals surface area (Å²) in [5.74, 6) is -0.000923. The fourth-order valence-corrected chi connectivity index (χ4v) is 3.59. The van der Waals surface area contributed by atoms with Gasteiger partial charge in [-0.3, -0.25) is 0 Å². The maximum atomic E-state index is 13.3. The molecule has 0 saturated heterocycles. The third kappa shape index (κ3) is 3.66. The van der Waals surface area contributed by atoms with Crippen LogP contribution in [0.5, 0.6) is 5.75 Å². The van der Waals surface area contributed by atoms with Gasteiger partial charge in [0.1, 0.15) is 11.6 Å². The van der Waals surface area contributed by atoms with E-state index >= 15 is 0 Å². The van der Waals surface area contributed by atoms with Crippen molar-refractivity contribution in [1.29, 1.82) is 0 Å². The summed E-state index contributed by atoms with van der Waals surface area (Å²) in [5.41, 5.74) is 0.708. The van der Waals surface area contributed by atoms with Crippen molar-refractivity contribution in [3.63, 3.8) is 0 Å². The molecule has 0 aliphatic rings. The summed E-state index contributed by atoms with van der Waals surface area (Å²) >= 11 is 3.35. The van der Waals surface area contributed by atoms with Gasteiger partial charge in [-0.2, -0.15) is 4.31 Å². The second kappa shape index (κ2) is 6.76. The van der Waals surface area contributed by atoms with Crippen LogP contribution in [0.25, 0.3) is 0 Å². The fraction of sp³-hybridized carbons (Fsp3) is 0.200. The minimum absolute atomic E-state index is 0.0797. The van der Waals surface area contributed by atoms with E-state index < -0.39 is 15.8 Å². The molecule has 0 amide bonds. The van der Waals surface area contributed by atoms with E-state index in [1.807, 2.05) is 6.07 Å². The van der Waals surface area contributed by atoms with Crippen molar-refractivity contribution in [2.75, 3.05) is 14.2 Å². The van der Waals surface area contributed by atoms with Crippen LogP contribution < -0.4 is 4.74 Å². The molecular formula is C15H15BrFNO3S. The molecule has 2 aromatic carbocycles. The molecule has 0 bridgehead atoms. The van der Waals surface area contributed by atoms with E-state index in [0.717, 1.165) is 14.8 Å². The maximum absolute atomic E-state index is 13.3.